The molecule has 0 saturated heterocycles. The van der Waals surface area contributed by atoms with E-state index in [1.165, 1.54) is 0 Å². The van der Waals surface area contributed by atoms with Gasteiger partial charge in [-0.3, -0.25) is 4.79 Å². The van der Waals surface area contributed by atoms with Crippen LogP contribution in [0.4, 0.5) is 0 Å². The van der Waals surface area contributed by atoms with Crippen LogP contribution in [0.15, 0.2) is 54.6 Å². The predicted molar refractivity (Wildman–Crippen MR) is 110 cm³/mol. The number of hydrogen-bond donors (Lipinski definition) is 1. The van der Waals surface area contributed by atoms with Crippen molar-refractivity contribution in [1.29, 1.82) is 0 Å². The molecule has 2 heterocycles. The zero-order valence-corrected chi connectivity index (χ0v) is 16.0. The first-order valence-electron chi connectivity index (χ1n) is 9.28. The molecule has 6 nitrogen and oxygen atoms in total. The molecule has 1 amide bonds. The highest BCUT2D eigenvalue weighted by Gasteiger charge is 2.14. The second kappa shape index (κ2) is 7.68. The summed E-state index contributed by atoms with van der Waals surface area (Å²) in [6.07, 6.45) is 1.62. The molecule has 4 rings (SSSR count). The first kappa shape index (κ1) is 18.0. The molecule has 1 N–H and O–H groups in total. The lowest BCUT2D eigenvalue weighted by atomic mass is 10.2. The Morgan fingerprint density at radius 1 is 1.07 bits per heavy atom. The third-order valence-electron chi connectivity index (χ3n) is 4.81. The Kier molecular flexibility index (Phi) is 4.93. The maximum absolute atomic E-state index is 12.7. The molecule has 2 aromatic heterocycles. The van der Waals surface area contributed by atoms with Crippen molar-refractivity contribution in [2.24, 2.45) is 0 Å². The van der Waals surface area contributed by atoms with E-state index in [0.717, 1.165) is 46.4 Å². The second-order valence-electron chi connectivity index (χ2n) is 6.79. The third kappa shape index (κ3) is 3.67. The summed E-state index contributed by atoms with van der Waals surface area (Å²) in [6.45, 7) is 0.637. The van der Waals surface area contributed by atoms with Crippen LogP contribution in [0.25, 0.3) is 21.9 Å². The first-order valence-corrected chi connectivity index (χ1v) is 9.28. The number of nitrogens with zero attached hydrogens (tertiary/aromatic N) is 3. The van der Waals surface area contributed by atoms with Crippen LogP contribution in [0.5, 0.6) is 5.75 Å². The van der Waals surface area contributed by atoms with Gasteiger partial charge in [0.2, 0.25) is 0 Å². The molecule has 0 bridgehead atoms. The molecule has 0 atom stereocenters. The van der Waals surface area contributed by atoms with Gasteiger partial charge in [-0.05, 0) is 42.8 Å². The van der Waals surface area contributed by atoms with Crippen LogP contribution in [0.3, 0.4) is 0 Å². The van der Waals surface area contributed by atoms with Gasteiger partial charge in [-0.25, -0.2) is 9.97 Å². The smallest absolute Gasteiger partial charge is 0.272 e. The zero-order chi connectivity index (χ0) is 19.5. The molecule has 0 fully saturated rings. The molecule has 4 aromatic rings. The summed E-state index contributed by atoms with van der Waals surface area (Å²) < 4.78 is 5.23. The lowest BCUT2D eigenvalue weighted by molar-refractivity contribution is 0.0788. The monoisotopic (exact) mass is 374 g/mol. The van der Waals surface area contributed by atoms with Crippen molar-refractivity contribution in [2.45, 2.75) is 12.8 Å². The molecule has 0 aliphatic rings. The van der Waals surface area contributed by atoms with Crippen LogP contribution in [-0.4, -0.2) is 46.5 Å². The number of benzene rings is 2. The van der Waals surface area contributed by atoms with Crippen molar-refractivity contribution in [3.8, 4) is 5.75 Å². The number of aromatic nitrogens is 3. The number of rotatable bonds is 6. The predicted octanol–water partition coefficient (Wildman–Crippen LogP) is 3.82. The lowest BCUT2D eigenvalue weighted by Crippen LogP contribution is -2.28. The fraction of sp³-hybridized carbons (Fsp3) is 0.227. The molecule has 0 aliphatic carbocycles. The van der Waals surface area contributed by atoms with Gasteiger partial charge in [-0.2, -0.15) is 0 Å². The Labute approximate surface area is 163 Å². The van der Waals surface area contributed by atoms with Crippen molar-refractivity contribution in [3.05, 3.63) is 66.1 Å². The van der Waals surface area contributed by atoms with Crippen molar-refractivity contribution < 1.29 is 9.53 Å². The molecule has 6 heteroatoms. The van der Waals surface area contributed by atoms with Crippen molar-refractivity contribution in [1.82, 2.24) is 19.9 Å². The van der Waals surface area contributed by atoms with E-state index in [1.54, 1.807) is 25.1 Å². The summed E-state index contributed by atoms with van der Waals surface area (Å²) in [5, 5.41) is 0.948. The number of carbonyl (C=O) groups is 1. The normalized spacial score (nSPS) is 11.1. The lowest BCUT2D eigenvalue weighted by Gasteiger charge is -2.16. The van der Waals surface area contributed by atoms with E-state index in [-0.39, 0.29) is 5.91 Å². The van der Waals surface area contributed by atoms with E-state index in [0.29, 0.717) is 12.2 Å². The highest BCUT2D eigenvalue weighted by Crippen LogP contribution is 2.20. The summed E-state index contributed by atoms with van der Waals surface area (Å²) >= 11 is 0. The van der Waals surface area contributed by atoms with Gasteiger partial charge in [-0.1, -0.05) is 18.2 Å². The number of hydrogen-bond acceptors (Lipinski definition) is 4. The highest BCUT2D eigenvalue weighted by atomic mass is 16.5. The number of nitrogens with one attached hydrogen (secondary N) is 1. The standard InChI is InChI=1S/C22H22N4O2/c1-26(13-5-8-21-24-18-6-3-4-7-19(18)25-21)22(27)20-11-9-15-14-16(28-2)10-12-17(15)23-20/h3-4,6-7,9-12,14H,5,8,13H2,1-2H3,(H,24,25). The van der Waals surface area contributed by atoms with E-state index in [1.807, 2.05) is 48.5 Å². The maximum Gasteiger partial charge on any atom is 0.272 e. The van der Waals surface area contributed by atoms with Gasteiger partial charge in [-0.15, -0.1) is 0 Å². The second-order valence-corrected chi connectivity index (χ2v) is 6.79. The van der Waals surface area contributed by atoms with E-state index in [2.05, 4.69) is 15.0 Å². The van der Waals surface area contributed by atoms with Gasteiger partial charge in [0.25, 0.3) is 5.91 Å². The Bertz CT molecular complexity index is 1100. The van der Waals surface area contributed by atoms with Gasteiger partial charge in [0.15, 0.2) is 0 Å². The number of methoxy groups -OCH3 is 1. The van der Waals surface area contributed by atoms with Gasteiger partial charge < -0.3 is 14.6 Å². The number of para-hydroxylation sites is 2. The molecular formula is C22H22N4O2. The van der Waals surface area contributed by atoms with Gasteiger partial charge >= 0.3 is 0 Å². The average Bonchev–Trinajstić information content (AvgIpc) is 3.15. The number of carbonyl (C=O) groups excluding carboxylic acids is 1. The average molecular weight is 374 g/mol. The van der Waals surface area contributed by atoms with E-state index in [4.69, 9.17) is 4.74 Å². The number of pyridine rings is 1. The topological polar surface area (TPSA) is 71.1 Å². The van der Waals surface area contributed by atoms with Crippen LogP contribution in [0, 0.1) is 0 Å². The number of H-pyrrole nitrogens is 1. The van der Waals surface area contributed by atoms with Crippen LogP contribution < -0.4 is 4.74 Å². The van der Waals surface area contributed by atoms with E-state index in [9.17, 15) is 4.79 Å². The minimum atomic E-state index is -0.0812. The zero-order valence-electron chi connectivity index (χ0n) is 16.0. The largest absolute Gasteiger partial charge is 0.497 e. The van der Waals surface area contributed by atoms with Crippen molar-refractivity contribution in [2.75, 3.05) is 20.7 Å². The van der Waals surface area contributed by atoms with E-state index < -0.39 is 0 Å². The minimum absolute atomic E-state index is 0.0812. The van der Waals surface area contributed by atoms with E-state index >= 15 is 0 Å². The number of fused-ring (bicyclic) bond motifs is 2. The third-order valence-corrected chi connectivity index (χ3v) is 4.81. The summed E-state index contributed by atoms with van der Waals surface area (Å²) in [5.74, 6) is 1.64. The quantitative estimate of drug-likeness (QED) is 0.557. The minimum Gasteiger partial charge on any atom is -0.497 e. The molecule has 0 saturated carbocycles. The van der Waals surface area contributed by atoms with Crippen molar-refractivity contribution >= 4 is 27.8 Å². The summed E-state index contributed by atoms with van der Waals surface area (Å²) in [6, 6.07) is 17.3. The molecule has 0 spiro atoms. The fourth-order valence-electron chi connectivity index (χ4n) is 3.25. The molecule has 28 heavy (non-hydrogen) atoms. The van der Waals surface area contributed by atoms with Gasteiger partial charge in [0.05, 0.1) is 23.7 Å². The number of ether oxygens (including phenoxy) is 1. The Balaban J connectivity index is 1.39. The van der Waals surface area contributed by atoms with Gasteiger partial charge in [0, 0.05) is 25.4 Å². The SMILES string of the molecule is COc1ccc2nc(C(=O)N(C)CCCc3nc4ccccc4[nH]3)ccc2c1. The van der Waals surface area contributed by atoms with Crippen molar-refractivity contribution in [3.63, 3.8) is 0 Å². The summed E-state index contributed by atoms with van der Waals surface area (Å²) in [4.78, 5) is 26.8. The number of aromatic amines is 1. The molecular weight excluding hydrogens is 352 g/mol. The molecule has 0 aliphatic heterocycles. The number of amides is 1. The van der Waals surface area contributed by atoms with Gasteiger partial charge in [0.1, 0.15) is 17.3 Å². The summed E-state index contributed by atoms with van der Waals surface area (Å²) in [5.41, 5.74) is 3.24. The van der Waals surface area contributed by atoms with Crippen LogP contribution >= 0.6 is 0 Å². The number of aryl methyl sites for hydroxylation is 1. The molecule has 142 valence electrons. The van der Waals surface area contributed by atoms with Crippen LogP contribution in [0.2, 0.25) is 0 Å². The fourth-order valence-corrected chi connectivity index (χ4v) is 3.25. The number of imidazole rings is 1. The Morgan fingerprint density at radius 3 is 2.75 bits per heavy atom. The molecule has 0 unspecified atom stereocenters. The highest BCUT2D eigenvalue weighted by molar-refractivity contribution is 5.95. The Hall–Kier alpha value is -3.41. The Morgan fingerprint density at radius 2 is 1.93 bits per heavy atom. The van der Waals surface area contributed by atoms with Crippen LogP contribution in [-0.2, 0) is 6.42 Å². The summed E-state index contributed by atoms with van der Waals surface area (Å²) in [7, 11) is 3.44. The molecule has 0 radical (unpaired) electrons. The molecule has 2 aromatic carbocycles. The van der Waals surface area contributed by atoms with Crippen LogP contribution in [0.1, 0.15) is 22.7 Å². The maximum atomic E-state index is 12.7. The first-order chi connectivity index (χ1) is 13.6.